The molecule has 174 valence electrons. The minimum atomic E-state index is -4.04. The standard InChI is InChI=1S/C24H25FN2O5S/c1-15-11-16(2)14-27(13-15)24-23(26-22(32-24)17-3-5-18(25)6-4-17)33(28,29)19-7-8-20-21(12-19)31-10-9-30-20/h3-8,12,15-16H,9-11,13-14H2,1-2H3. The molecule has 2 aromatic carbocycles. The number of anilines is 1. The van der Waals surface area contributed by atoms with Gasteiger partial charge in [-0.3, -0.25) is 0 Å². The normalized spacial score (nSPS) is 20.6. The van der Waals surface area contributed by atoms with E-state index < -0.39 is 15.7 Å². The van der Waals surface area contributed by atoms with Gasteiger partial charge in [-0.25, -0.2) is 12.8 Å². The minimum Gasteiger partial charge on any atom is -0.486 e. The third-order valence-electron chi connectivity index (χ3n) is 5.91. The number of sulfone groups is 1. The zero-order valence-corrected chi connectivity index (χ0v) is 19.3. The highest BCUT2D eigenvalue weighted by molar-refractivity contribution is 7.91. The van der Waals surface area contributed by atoms with E-state index >= 15 is 0 Å². The summed E-state index contributed by atoms with van der Waals surface area (Å²) in [4.78, 5) is 6.40. The molecule has 7 nitrogen and oxygen atoms in total. The molecular weight excluding hydrogens is 447 g/mol. The van der Waals surface area contributed by atoms with Crippen molar-refractivity contribution in [3.63, 3.8) is 0 Å². The van der Waals surface area contributed by atoms with Crippen molar-refractivity contribution in [1.29, 1.82) is 0 Å². The molecule has 0 aliphatic carbocycles. The van der Waals surface area contributed by atoms with Crippen LogP contribution in [0.2, 0.25) is 0 Å². The summed E-state index contributed by atoms with van der Waals surface area (Å²) < 4.78 is 58.1. The number of piperidine rings is 1. The van der Waals surface area contributed by atoms with Crippen molar-refractivity contribution in [3.8, 4) is 23.0 Å². The van der Waals surface area contributed by atoms with E-state index in [1.165, 1.54) is 36.4 Å². The summed E-state index contributed by atoms with van der Waals surface area (Å²) in [6.45, 7) is 6.35. The molecule has 1 fully saturated rings. The van der Waals surface area contributed by atoms with Crippen LogP contribution in [0.1, 0.15) is 20.3 Å². The molecule has 3 heterocycles. The van der Waals surface area contributed by atoms with Gasteiger partial charge in [0.15, 0.2) is 11.5 Å². The van der Waals surface area contributed by atoms with Crippen LogP contribution in [-0.4, -0.2) is 39.7 Å². The molecule has 0 spiro atoms. The molecule has 1 saturated heterocycles. The maximum Gasteiger partial charge on any atom is 0.236 e. The van der Waals surface area contributed by atoms with Crippen molar-refractivity contribution < 1.29 is 26.7 Å². The van der Waals surface area contributed by atoms with Crippen LogP contribution in [0.25, 0.3) is 11.5 Å². The lowest BCUT2D eigenvalue weighted by Crippen LogP contribution is -2.39. The topological polar surface area (TPSA) is 81.9 Å². The van der Waals surface area contributed by atoms with Gasteiger partial charge in [0.25, 0.3) is 0 Å². The number of halogens is 1. The van der Waals surface area contributed by atoms with E-state index in [9.17, 15) is 12.8 Å². The number of rotatable bonds is 4. The Morgan fingerprint density at radius 2 is 1.64 bits per heavy atom. The summed E-state index contributed by atoms with van der Waals surface area (Å²) >= 11 is 0. The Morgan fingerprint density at radius 1 is 0.970 bits per heavy atom. The van der Waals surface area contributed by atoms with Crippen LogP contribution in [0.15, 0.2) is 56.8 Å². The fraction of sp³-hybridized carbons (Fsp3) is 0.375. The van der Waals surface area contributed by atoms with E-state index in [4.69, 9.17) is 13.9 Å². The summed E-state index contributed by atoms with van der Waals surface area (Å²) in [5, 5.41) is -0.153. The summed E-state index contributed by atoms with van der Waals surface area (Å²) in [7, 11) is -4.04. The molecule has 0 amide bonds. The predicted octanol–water partition coefficient (Wildman–Crippen LogP) is 4.57. The second kappa shape index (κ2) is 8.37. The fourth-order valence-corrected chi connectivity index (χ4v) is 5.86. The second-order valence-corrected chi connectivity index (χ2v) is 10.7. The third kappa shape index (κ3) is 4.17. The van der Waals surface area contributed by atoms with Gasteiger partial charge in [-0.15, -0.1) is 0 Å². The van der Waals surface area contributed by atoms with Crippen LogP contribution in [-0.2, 0) is 9.84 Å². The molecule has 9 heteroatoms. The van der Waals surface area contributed by atoms with Crippen LogP contribution in [0.3, 0.4) is 0 Å². The molecular formula is C24H25FN2O5S. The maximum atomic E-state index is 13.7. The van der Waals surface area contributed by atoms with E-state index in [0.717, 1.165) is 6.42 Å². The molecule has 33 heavy (non-hydrogen) atoms. The Balaban J connectivity index is 1.62. The maximum absolute atomic E-state index is 13.7. The molecule has 0 saturated carbocycles. The first-order valence-electron chi connectivity index (χ1n) is 11.0. The molecule has 0 bridgehead atoms. The molecule has 0 N–H and O–H groups in total. The van der Waals surface area contributed by atoms with Crippen LogP contribution in [0, 0.1) is 17.7 Å². The number of hydrogen-bond acceptors (Lipinski definition) is 7. The molecule has 2 aliphatic heterocycles. The SMILES string of the molecule is CC1CC(C)CN(c2oc(-c3ccc(F)cc3)nc2S(=O)(=O)c2ccc3c(c2)OCCO3)C1. The molecule has 1 aromatic heterocycles. The second-order valence-electron chi connectivity index (χ2n) is 8.80. The van der Waals surface area contributed by atoms with Crippen LogP contribution in [0.4, 0.5) is 10.3 Å². The largest absolute Gasteiger partial charge is 0.486 e. The molecule has 5 rings (SSSR count). The number of fused-ring (bicyclic) bond motifs is 1. The zero-order valence-electron chi connectivity index (χ0n) is 18.5. The lowest BCUT2D eigenvalue weighted by Gasteiger charge is -2.34. The van der Waals surface area contributed by atoms with Gasteiger partial charge in [0.05, 0.1) is 4.90 Å². The van der Waals surface area contributed by atoms with Gasteiger partial charge in [0.1, 0.15) is 19.0 Å². The number of benzene rings is 2. The number of nitrogens with zero attached hydrogens (tertiary/aromatic N) is 2. The number of hydrogen-bond donors (Lipinski definition) is 0. The van der Waals surface area contributed by atoms with E-state index in [2.05, 4.69) is 18.8 Å². The van der Waals surface area contributed by atoms with Crippen molar-refractivity contribution in [2.75, 3.05) is 31.2 Å². The van der Waals surface area contributed by atoms with Gasteiger partial charge >= 0.3 is 0 Å². The van der Waals surface area contributed by atoms with E-state index in [-0.39, 0.29) is 21.7 Å². The van der Waals surface area contributed by atoms with Crippen molar-refractivity contribution in [1.82, 2.24) is 4.98 Å². The highest BCUT2D eigenvalue weighted by atomic mass is 32.2. The Kier molecular flexibility index (Phi) is 5.52. The van der Waals surface area contributed by atoms with Gasteiger partial charge in [0.2, 0.25) is 26.6 Å². The predicted molar refractivity (Wildman–Crippen MR) is 120 cm³/mol. The molecule has 2 atom stereocenters. The molecule has 0 radical (unpaired) electrons. The van der Waals surface area contributed by atoms with Gasteiger partial charge in [0, 0.05) is 24.7 Å². The first kappa shape index (κ1) is 21.8. The van der Waals surface area contributed by atoms with Crippen LogP contribution >= 0.6 is 0 Å². The molecule has 3 aromatic rings. The zero-order chi connectivity index (χ0) is 23.2. The Morgan fingerprint density at radius 3 is 2.33 bits per heavy atom. The lowest BCUT2D eigenvalue weighted by molar-refractivity contribution is 0.171. The molecule has 2 aliphatic rings. The first-order chi connectivity index (χ1) is 15.8. The minimum absolute atomic E-state index is 0.0464. The van der Waals surface area contributed by atoms with E-state index in [0.29, 0.717) is 55.2 Å². The van der Waals surface area contributed by atoms with Gasteiger partial charge < -0.3 is 18.8 Å². The summed E-state index contributed by atoms with van der Waals surface area (Å²) in [6.07, 6.45) is 1.06. The lowest BCUT2D eigenvalue weighted by atomic mass is 9.92. The number of oxazole rings is 1. The van der Waals surface area contributed by atoms with Crippen molar-refractivity contribution >= 4 is 15.7 Å². The third-order valence-corrected chi connectivity index (χ3v) is 7.55. The van der Waals surface area contributed by atoms with Crippen molar-refractivity contribution in [3.05, 3.63) is 48.3 Å². The van der Waals surface area contributed by atoms with Crippen molar-refractivity contribution in [2.45, 2.75) is 30.2 Å². The monoisotopic (exact) mass is 472 g/mol. The van der Waals surface area contributed by atoms with Crippen LogP contribution in [0.5, 0.6) is 11.5 Å². The first-order valence-corrected chi connectivity index (χ1v) is 12.5. The smallest absolute Gasteiger partial charge is 0.236 e. The fourth-order valence-electron chi connectivity index (χ4n) is 4.52. The summed E-state index contributed by atoms with van der Waals surface area (Å²) in [6, 6.07) is 10.2. The van der Waals surface area contributed by atoms with Gasteiger partial charge in [-0.05, 0) is 54.7 Å². The Bertz CT molecular complexity index is 1260. The summed E-state index contributed by atoms with van der Waals surface area (Å²) in [5.41, 5.74) is 0.499. The number of ether oxygens (including phenoxy) is 2. The van der Waals surface area contributed by atoms with Gasteiger partial charge in [-0.2, -0.15) is 4.98 Å². The highest BCUT2D eigenvalue weighted by Crippen LogP contribution is 2.39. The average Bonchev–Trinajstić information content (AvgIpc) is 3.25. The van der Waals surface area contributed by atoms with E-state index in [1.807, 2.05) is 4.90 Å². The van der Waals surface area contributed by atoms with Crippen molar-refractivity contribution in [2.24, 2.45) is 11.8 Å². The van der Waals surface area contributed by atoms with E-state index in [1.54, 1.807) is 6.07 Å². The molecule has 2 unspecified atom stereocenters. The Labute approximate surface area is 192 Å². The quantitative estimate of drug-likeness (QED) is 0.550. The average molecular weight is 473 g/mol. The van der Waals surface area contributed by atoms with Crippen LogP contribution < -0.4 is 14.4 Å². The number of aromatic nitrogens is 1. The highest BCUT2D eigenvalue weighted by Gasteiger charge is 2.35. The Hall–Kier alpha value is -3.07. The van der Waals surface area contributed by atoms with Gasteiger partial charge in [-0.1, -0.05) is 13.8 Å². The summed E-state index contributed by atoms with van der Waals surface area (Å²) in [5.74, 6) is 1.58.